The number of carbonyl (C=O) groups is 2. The average Bonchev–Trinajstić information content (AvgIpc) is 3.29. The van der Waals surface area contributed by atoms with E-state index in [0.717, 1.165) is 25.0 Å². The minimum Gasteiger partial charge on any atom is -0.482 e. The number of rotatable bonds is 9. The van der Waals surface area contributed by atoms with E-state index < -0.39 is 6.04 Å². The molecule has 1 aliphatic rings. The Morgan fingerprint density at radius 3 is 2.63 bits per heavy atom. The summed E-state index contributed by atoms with van der Waals surface area (Å²) in [6.45, 7) is 3.00. The van der Waals surface area contributed by atoms with E-state index in [1.165, 1.54) is 4.90 Å². The predicted octanol–water partition coefficient (Wildman–Crippen LogP) is 3.43. The lowest BCUT2D eigenvalue weighted by Gasteiger charge is -2.29. The van der Waals surface area contributed by atoms with Crippen molar-refractivity contribution in [2.24, 2.45) is 0 Å². The minimum absolute atomic E-state index is 0.0444. The van der Waals surface area contributed by atoms with Gasteiger partial charge in [0.05, 0.1) is 11.1 Å². The van der Waals surface area contributed by atoms with Gasteiger partial charge in [-0.1, -0.05) is 54.1 Å². The van der Waals surface area contributed by atoms with Crippen molar-refractivity contribution in [1.82, 2.24) is 10.2 Å². The van der Waals surface area contributed by atoms with Crippen LogP contribution in [0.4, 0.5) is 0 Å². The second-order valence-corrected chi connectivity index (χ2v) is 7.69. The summed E-state index contributed by atoms with van der Waals surface area (Å²) in [7, 11) is 0. The lowest BCUT2D eigenvalue weighted by atomic mass is 10.1. The van der Waals surface area contributed by atoms with Gasteiger partial charge in [-0.2, -0.15) is 0 Å². The van der Waals surface area contributed by atoms with E-state index in [1.54, 1.807) is 31.2 Å². The predicted molar refractivity (Wildman–Crippen MR) is 115 cm³/mol. The Bertz CT molecular complexity index is 840. The molecule has 0 unspecified atom stereocenters. The van der Waals surface area contributed by atoms with Gasteiger partial charge in [0.25, 0.3) is 5.91 Å². The van der Waals surface area contributed by atoms with Crippen molar-refractivity contribution < 1.29 is 19.1 Å². The first-order valence-electron chi connectivity index (χ1n) is 10.1. The van der Waals surface area contributed by atoms with Gasteiger partial charge in [0, 0.05) is 19.7 Å². The monoisotopic (exact) mass is 430 g/mol. The van der Waals surface area contributed by atoms with E-state index in [0.29, 0.717) is 23.9 Å². The number of carbonyl (C=O) groups excluding carboxylic acids is 2. The molecule has 2 aromatic rings. The SMILES string of the molecule is C[C@H](C(=O)NC[C@@H]1CCCO1)N(Cc1ccccc1)C(=O)COc1ccccc1Cl. The van der Waals surface area contributed by atoms with E-state index in [2.05, 4.69) is 5.32 Å². The highest BCUT2D eigenvalue weighted by molar-refractivity contribution is 6.32. The number of halogens is 1. The second kappa shape index (κ2) is 11.0. The Morgan fingerprint density at radius 2 is 1.93 bits per heavy atom. The van der Waals surface area contributed by atoms with Crippen LogP contribution in [0.2, 0.25) is 5.02 Å². The third kappa shape index (κ3) is 6.21. The number of nitrogens with one attached hydrogen (secondary N) is 1. The molecule has 1 N–H and O–H groups in total. The van der Waals surface area contributed by atoms with E-state index in [9.17, 15) is 9.59 Å². The topological polar surface area (TPSA) is 67.9 Å². The van der Waals surface area contributed by atoms with Crippen LogP contribution in [0.3, 0.4) is 0 Å². The molecule has 7 heteroatoms. The lowest BCUT2D eigenvalue weighted by Crippen LogP contribution is -2.50. The van der Waals surface area contributed by atoms with Gasteiger partial charge in [-0.05, 0) is 37.5 Å². The van der Waals surface area contributed by atoms with Gasteiger partial charge in [-0.3, -0.25) is 9.59 Å². The summed E-state index contributed by atoms with van der Waals surface area (Å²) in [6.07, 6.45) is 1.99. The zero-order valence-corrected chi connectivity index (χ0v) is 17.8. The first kappa shape index (κ1) is 22.1. The molecule has 0 spiro atoms. The highest BCUT2D eigenvalue weighted by atomic mass is 35.5. The largest absolute Gasteiger partial charge is 0.482 e. The molecule has 6 nitrogen and oxygen atoms in total. The summed E-state index contributed by atoms with van der Waals surface area (Å²) in [4.78, 5) is 27.3. The fourth-order valence-corrected chi connectivity index (χ4v) is 3.50. The molecule has 2 amide bonds. The zero-order valence-electron chi connectivity index (χ0n) is 17.1. The molecular formula is C23H27ClN2O4. The van der Waals surface area contributed by atoms with Gasteiger partial charge >= 0.3 is 0 Å². The van der Waals surface area contributed by atoms with Crippen molar-refractivity contribution in [3.8, 4) is 5.75 Å². The third-order valence-electron chi connectivity index (χ3n) is 5.08. The third-order valence-corrected chi connectivity index (χ3v) is 5.39. The molecule has 0 radical (unpaired) electrons. The molecule has 0 bridgehead atoms. The van der Waals surface area contributed by atoms with Crippen molar-refractivity contribution in [3.05, 3.63) is 65.2 Å². The summed E-state index contributed by atoms with van der Waals surface area (Å²) in [5.74, 6) is -0.0753. The fourth-order valence-electron chi connectivity index (χ4n) is 3.31. The molecule has 160 valence electrons. The molecule has 2 atom stereocenters. The van der Waals surface area contributed by atoms with Gasteiger partial charge in [0.15, 0.2) is 6.61 Å². The highest BCUT2D eigenvalue weighted by Gasteiger charge is 2.27. The first-order valence-corrected chi connectivity index (χ1v) is 10.5. The van der Waals surface area contributed by atoms with E-state index in [1.807, 2.05) is 30.3 Å². The Morgan fingerprint density at radius 1 is 1.20 bits per heavy atom. The summed E-state index contributed by atoms with van der Waals surface area (Å²) in [5, 5.41) is 3.34. The van der Waals surface area contributed by atoms with Crippen molar-refractivity contribution in [1.29, 1.82) is 0 Å². The van der Waals surface area contributed by atoms with E-state index in [-0.39, 0.29) is 24.5 Å². The average molecular weight is 431 g/mol. The number of hydrogen-bond donors (Lipinski definition) is 1. The van der Waals surface area contributed by atoms with Crippen LogP contribution in [0.15, 0.2) is 54.6 Å². The second-order valence-electron chi connectivity index (χ2n) is 7.28. The Kier molecular flexibility index (Phi) is 8.11. The van der Waals surface area contributed by atoms with Gasteiger partial charge in [0.2, 0.25) is 5.91 Å². The molecule has 1 heterocycles. The number of ether oxygens (including phenoxy) is 2. The Labute approximate surface area is 182 Å². The number of para-hydroxylation sites is 1. The molecular weight excluding hydrogens is 404 g/mol. The molecule has 1 fully saturated rings. The van der Waals surface area contributed by atoms with Crippen LogP contribution in [-0.2, 0) is 20.9 Å². The van der Waals surface area contributed by atoms with Crippen molar-refractivity contribution in [3.63, 3.8) is 0 Å². The Balaban J connectivity index is 1.65. The molecule has 1 saturated heterocycles. The summed E-state index contributed by atoms with van der Waals surface area (Å²) < 4.78 is 11.2. The quantitative estimate of drug-likeness (QED) is 0.661. The van der Waals surface area contributed by atoms with Crippen LogP contribution in [0.25, 0.3) is 0 Å². The molecule has 0 aromatic heterocycles. The smallest absolute Gasteiger partial charge is 0.261 e. The van der Waals surface area contributed by atoms with Crippen molar-refractivity contribution >= 4 is 23.4 Å². The molecule has 0 saturated carbocycles. The van der Waals surface area contributed by atoms with E-state index in [4.69, 9.17) is 21.1 Å². The summed E-state index contributed by atoms with van der Waals surface area (Å²) in [6, 6.07) is 15.9. The summed E-state index contributed by atoms with van der Waals surface area (Å²) >= 11 is 6.11. The van der Waals surface area contributed by atoms with Crippen LogP contribution < -0.4 is 10.1 Å². The molecule has 30 heavy (non-hydrogen) atoms. The number of amides is 2. The van der Waals surface area contributed by atoms with Gasteiger partial charge in [0.1, 0.15) is 11.8 Å². The molecule has 2 aromatic carbocycles. The minimum atomic E-state index is -0.658. The molecule has 0 aliphatic carbocycles. The van der Waals surface area contributed by atoms with Crippen LogP contribution in [0, 0.1) is 0 Å². The normalized spacial score (nSPS) is 16.7. The summed E-state index contributed by atoms with van der Waals surface area (Å²) in [5.41, 5.74) is 0.933. The Hall–Kier alpha value is -2.57. The van der Waals surface area contributed by atoms with Crippen LogP contribution >= 0.6 is 11.6 Å². The van der Waals surface area contributed by atoms with E-state index >= 15 is 0 Å². The number of nitrogens with zero attached hydrogens (tertiary/aromatic N) is 1. The maximum atomic E-state index is 13.0. The number of benzene rings is 2. The standard InChI is InChI=1S/C23H27ClN2O4/c1-17(23(28)25-14-19-10-7-13-29-19)26(15-18-8-3-2-4-9-18)22(27)16-30-21-12-6-5-11-20(21)24/h2-6,8-9,11-12,17,19H,7,10,13-16H2,1H3,(H,25,28)/t17-,19+/m1/s1. The van der Waals surface area contributed by atoms with Crippen LogP contribution in [-0.4, -0.2) is 48.6 Å². The highest BCUT2D eigenvalue weighted by Crippen LogP contribution is 2.23. The van der Waals surface area contributed by atoms with Crippen molar-refractivity contribution in [2.75, 3.05) is 19.8 Å². The van der Waals surface area contributed by atoms with Gasteiger partial charge < -0.3 is 19.7 Å². The maximum absolute atomic E-state index is 13.0. The van der Waals surface area contributed by atoms with Crippen molar-refractivity contribution in [2.45, 2.75) is 38.5 Å². The van der Waals surface area contributed by atoms with Crippen LogP contribution in [0.5, 0.6) is 5.75 Å². The fraction of sp³-hybridized carbons (Fsp3) is 0.391. The van der Waals surface area contributed by atoms with Crippen LogP contribution in [0.1, 0.15) is 25.3 Å². The number of hydrogen-bond acceptors (Lipinski definition) is 4. The molecule has 1 aliphatic heterocycles. The zero-order chi connectivity index (χ0) is 21.3. The lowest BCUT2D eigenvalue weighted by molar-refractivity contribution is -0.142. The molecule has 3 rings (SSSR count). The first-order chi connectivity index (χ1) is 14.5. The maximum Gasteiger partial charge on any atom is 0.261 e. The van der Waals surface area contributed by atoms with Gasteiger partial charge in [-0.25, -0.2) is 0 Å². The van der Waals surface area contributed by atoms with Gasteiger partial charge in [-0.15, -0.1) is 0 Å².